The molecule has 2 amide bonds. The van der Waals surface area contributed by atoms with Gasteiger partial charge in [0.25, 0.3) is 0 Å². The minimum absolute atomic E-state index is 0.0557. The number of hydrogen-bond donors (Lipinski definition) is 2. The summed E-state index contributed by atoms with van der Waals surface area (Å²) in [4.78, 5) is 18.0. The first-order valence-corrected chi connectivity index (χ1v) is 9.98. The first kappa shape index (κ1) is 19.2. The standard InChI is InChI=1S/C15H19FN6O4S/c1-27(24,25)18-9-12-10-26-7-6-21(12)15(23)19-13-4-5-22(20-13)14-3-2-11(16)8-17-14/h2-5,8,12,18H,6-7,9-10H2,1H3,(H,19,20,23). The summed E-state index contributed by atoms with van der Waals surface area (Å²) in [7, 11) is -3.38. The molecule has 0 spiro atoms. The zero-order chi connectivity index (χ0) is 19.4. The monoisotopic (exact) mass is 398 g/mol. The number of amides is 2. The molecule has 1 atom stereocenters. The molecule has 1 unspecified atom stereocenters. The number of nitrogens with one attached hydrogen (secondary N) is 2. The molecular weight excluding hydrogens is 379 g/mol. The molecule has 27 heavy (non-hydrogen) atoms. The average molecular weight is 398 g/mol. The van der Waals surface area contributed by atoms with Gasteiger partial charge >= 0.3 is 6.03 Å². The number of pyridine rings is 1. The van der Waals surface area contributed by atoms with Crippen LogP contribution >= 0.6 is 0 Å². The van der Waals surface area contributed by atoms with E-state index in [1.54, 1.807) is 12.3 Å². The molecule has 0 radical (unpaired) electrons. The first-order valence-electron chi connectivity index (χ1n) is 8.09. The third-order valence-electron chi connectivity index (χ3n) is 3.84. The maximum absolute atomic E-state index is 13.0. The van der Waals surface area contributed by atoms with Gasteiger partial charge in [0.15, 0.2) is 11.6 Å². The summed E-state index contributed by atoms with van der Waals surface area (Å²) in [6, 6.07) is 3.44. The van der Waals surface area contributed by atoms with Crippen LogP contribution in [-0.4, -0.2) is 72.7 Å². The molecule has 0 bridgehead atoms. The van der Waals surface area contributed by atoms with E-state index in [9.17, 15) is 17.6 Å². The molecule has 3 rings (SSSR count). The lowest BCUT2D eigenvalue weighted by Gasteiger charge is -2.35. The number of anilines is 1. The van der Waals surface area contributed by atoms with Gasteiger partial charge in [-0.05, 0) is 12.1 Å². The summed E-state index contributed by atoms with van der Waals surface area (Å²) in [5.41, 5.74) is 0. The molecule has 0 saturated carbocycles. The fourth-order valence-corrected chi connectivity index (χ4v) is 3.04. The van der Waals surface area contributed by atoms with E-state index >= 15 is 0 Å². The second-order valence-electron chi connectivity index (χ2n) is 5.95. The number of carbonyl (C=O) groups excluding carboxylic acids is 1. The smallest absolute Gasteiger partial charge is 0.323 e. The second kappa shape index (κ2) is 7.98. The Labute approximate surface area is 155 Å². The van der Waals surface area contributed by atoms with Crippen molar-refractivity contribution in [1.82, 2.24) is 24.4 Å². The number of hydrogen-bond acceptors (Lipinski definition) is 6. The van der Waals surface area contributed by atoms with Gasteiger partial charge in [-0.3, -0.25) is 5.32 Å². The van der Waals surface area contributed by atoms with E-state index < -0.39 is 27.9 Å². The first-order chi connectivity index (χ1) is 12.8. The number of rotatable bonds is 5. The van der Waals surface area contributed by atoms with Gasteiger partial charge in [0.1, 0.15) is 5.82 Å². The number of aromatic nitrogens is 3. The Kier molecular flexibility index (Phi) is 5.68. The Balaban J connectivity index is 1.65. The molecule has 2 N–H and O–H groups in total. The number of ether oxygens (including phenoxy) is 1. The van der Waals surface area contributed by atoms with Crippen molar-refractivity contribution in [2.24, 2.45) is 0 Å². The molecule has 2 aromatic heterocycles. The van der Waals surface area contributed by atoms with Crippen molar-refractivity contribution >= 4 is 21.9 Å². The quantitative estimate of drug-likeness (QED) is 0.742. The number of carbonyl (C=O) groups is 1. The van der Waals surface area contributed by atoms with Gasteiger partial charge in [0, 0.05) is 25.4 Å². The summed E-state index contributed by atoms with van der Waals surface area (Å²) in [5.74, 6) is 0.228. The van der Waals surface area contributed by atoms with E-state index in [2.05, 4.69) is 20.1 Å². The summed E-state index contributed by atoms with van der Waals surface area (Å²) in [6.07, 6.45) is 3.71. The van der Waals surface area contributed by atoms with Crippen molar-refractivity contribution in [3.63, 3.8) is 0 Å². The SMILES string of the molecule is CS(=O)(=O)NCC1COCCN1C(=O)Nc1ccn(-c2ccc(F)cn2)n1. The maximum atomic E-state index is 13.0. The van der Waals surface area contributed by atoms with Crippen LogP contribution in [0.4, 0.5) is 15.0 Å². The van der Waals surface area contributed by atoms with Crippen molar-refractivity contribution in [1.29, 1.82) is 0 Å². The highest BCUT2D eigenvalue weighted by molar-refractivity contribution is 7.88. The van der Waals surface area contributed by atoms with Crippen molar-refractivity contribution in [2.75, 3.05) is 37.9 Å². The Morgan fingerprint density at radius 2 is 2.22 bits per heavy atom. The van der Waals surface area contributed by atoms with Crippen LogP contribution < -0.4 is 10.0 Å². The molecule has 1 saturated heterocycles. The molecule has 0 aromatic carbocycles. The Morgan fingerprint density at radius 1 is 1.41 bits per heavy atom. The van der Waals surface area contributed by atoms with Crippen LogP contribution in [0.2, 0.25) is 0 Å². The fraction of sp³-hybridized carbons (Fsp3) is 0.400. The highest BCUT2D eigenvalue weighted by atomic mass is 32.2. The lowest BCUT2D eigenvalue weighted by molar-refractivity contribution is 0.0176. The molecule has 3 heterocycles. The molecular formula is C15H19FN6O4S. The number of nitrogens with zero attached hydrogens (tertiary/aromatic N) is 4. The largest absolute Gasteiger partial charge is 0.377 e. The van der Waals surface area contributed by atoms with Crippen LogP contribution in [0.5, 0.6) is 0 Å². The lowest BCUT2D eigenvalue weighted by Crippen LogP contribution is -2.54. The van der Waals surface area contributed by atoms with Gasteiger partial charge < -0.3 is 9.64 Å². The van der Waals surface area contributed by atoms with Gasteiger partial charge in [-0.25, -0.2) is 32.0 Å². The second-order valence-corrected chi connectivity index (χ2v) is 7.79. The van der Waals surface area contributed by atoms with Crippen LogP contribution in [0.1, 0.15) is 0 Å². The van der Waals surface area contributed by atoms with Gasteiger partial charge in [0.05, 0.1) is 31.7 Å². The van der Waals surface area contributed by atoms with Gasteiger partial charge in [-0.2, -0.15) is 0 Å². The zero-order valence-corrected chi connectivity index (χ0v) is 15.3. The third-order valence-corrected chi connectivity index (χ3v) is 4.53. The van der Waals surface area contributed by atoms with Gasteiger partial charge in [-0.1, -0.05) is 0 Å². The molecule has 1 aliphatic heterocycles. The van der Waals surface area contributed by atoms with E-state index in [4.69, 9.17) is 4.74 Å². The third kappa shape index (κ3) is 5.21. The van der Waals surface area contributed by atoms with E-state index in [1.165, 1.54) is 21.7 Å². The summed E-state index contributed by atoms with van der Waals surface area (Å²) < 4.78 is 44.6. The summed E-state index contributed by atoms with van der Waals surface area (Å²) in [5, 5.41) is 6.85. The Bertz CT molecular complexity index is 901. The van der Waals surface area contributed by atoms with E-state index in [-0.39, 0.29) is 19.0 Å². The summed E-state index contributed by atoms with van der Waals surface area (Å²) >= 11 is 0. The number of morpholine rings is 1. The molecule has 10 nitrogen and oxygen atoms in total. The minimum atomic E-state index is -3.38. The number of urea groups is 1. The van der Waals surface area contributed by atoms with Crippen LogP contribution in [0, 0.1) is 5.82 Å². The van der Waals surface area contributed by atoms with Crippen molar-refractivity contribution < 1.29 is 22.3 Å². The van der Waals surface area contributed by atoms with E-state index in [0.717, 1.165) is 12.5 Å². The maximum Gasteiger partial charge on any atom is 0.323 e. The highest BCUT2D eigenvalue weighted by Crippen LogP contribution is 2.12. The summed E-state index contributed by atoms with van der Waals surface area (Å²) in [6.45, 7) is 0.961. The van der Waals surface area contributed by atoms with Crippen LogP contribution in [0.15, 0.2) is 30.6 Å². The fourth-order valence-electron chi connectivity index (χ4n) is 2.54. The van der Waals surface area contributed by atoms with E-state index in [0.29, 0.717) is 19.0 Å². The molecule has 0 aliphatic carbocycles. The van der Waals surface area contributed by atoms with Gasteiger partial charge in [-0.15, -0.1) is 5.10 Å². The molecule has 146 valence electrons. The molecule has 2 aromatic rings. The van der Waals surface area contributed by atoms with Crippen molar-refractivity contribution in [3.05, 3.63) is 36.4 Å². The number of halogens is 1. The zero-order valence-electron chi connectivity index (χ0n) is 14.5. The molecule has 1 aliphatic rings. The van der Waals surface area contributed by atoms with E-state index in [1.807, 2.05) is 0 Å². The predicted octanol–water partition coefficient (Wildman–Crippen LogP) is 0.188. The normalized spacial score (nSPS) is 17.7. The predicted molar refractivity (Wildman–Crippen MR) is 94.5 cm³/mol. The minimum Gasteiger partial charge on any atom is -0.377 e. The van der Waals surface area contributed by atoms with Crippen LogP contribution in [-0.2, 0) is 14.8 Å². The molecule has 1 fully saturated rings. The Hall–Kier alpha value is -2.57. The average Bonchev–Trinajstić information content (AvgIpc) is 3.08. The number of sulfonamides is 1. The van der Waals surface area contributed by atoms with Crippen LogP contribution in [0.3, 0.4) is 0 Å². The highest BCUT2D eigenvalue weighted by Gasteiger charge is 2.28. The van der Waals surface area contributed by atoms with Crippen molar-refractivity contribution in [2.45, 2.75) is 6.04 Å². The Morgan fingerprint density at radius 3 is 2.93 bits per heavy atom. The van der Waals surface area contributed by atoms with Crippen LogP contribution in [0.25, 0.3) is 5.82 Å². The van der Waals surface area contributed by atoms with Gasteiger partial charge in [0.2, 0.25) is 10.0 Å². The van der Waals surface area contributed by atoms with Crippen molar-refractivity contribution in [3.8, 4) is 5.82 Å². The topological polar surface area (TPSA) is 118 Å². The lowest BCUT2D eigenvalue weighted by atomic mass is 10.2. The molecule has 12 heteroatoms.